The topological polar surface area (TPSA) is 93.2 Å². The van der Waals surface area contributed by atoms with Crippen molar-refractivity contribution in [1.29, 1.82) is 5.26 Å². The number of carbonyl (C=O) groups is 1. The van der Waals surface area contributed by atoms with Gasteiger partial charge in [0.1, 0.15) is 12.0 Å². The fourth-order valence-corrected chi connectivity index (χ4v) is 1.56. The second-order valence-electron chi connectivity index (χ2n) is 3.84. The summed E-state index contributed by atoms with van der Waals surface area (Å²) in [5.41, 5.74) is 0.371. The number of hydrogen-bond acceptors (Lipinski definition) is 5. The molecule has 0 heterocycles. The molecule has 0 bridgehead atoms. The van der Waals surface area contributed by atoms with Gasteiger partial charge in [0.15, 0.2) is 0 Å². The lowest BCUT2D eigenvalue weighted by molar-refractivity contribution is -0.385. The van der Waals surface area contributed by atoms with Crippen LogP contribution in [0.2, 0.25) is 0 Å². The highest BCUT2D eigenvalue weighted by molar-refractivity contribution is 5.74. The molecule has 0 fully saturated rings. The molecule has 2 rings (SSSR count). The SMILES string of the molecule is N#Cc1ccc(Oc2ccc(C=O)cc2)c([N+](=O)[O-])c1. The molecule has 0 aliphatic carbocycles. The van der Waals surface area contributed by atoms with E-state index in [-0.39, 0.29) is 17.0 Å². The molecule has 0 saturated carbocycles. The first kappa shape index (κ1) is 13.2. The molecule has 0 amide bonds. The minimum absolute atomic E-state index is 0.0350. The van der Waals surface area contributed by atoms with Crippen molar-refractivity contribution in [3.63, 3.8) is 0 Å². The van der Waals surface area contributed by atoms with E-state index in [9.17, 15) is 14.9 Å². The highest BCUT2D eigenvalue weighted by Gasteiger charge is 2.16. The van der Waals surface area contributed by atoms with Crippen LogP contribution in [0.3, 0.4) is 0 Å². The Morgan fingerprint density at radius 2 is 1.90 bits per heavy atom. The highest BCUT2D eigenvalue weighted by atomic mass is 16.6. The van der Waals surface area contributed by atoms with Gasteiger partial charge in [0.25, 0.3) is 0 Å². The van der Waals surface area contributed by atoms with Gasteiger partial charge in [0, 0.05) is 11.6 Å². The van der Waals surface area contributed by atoms with Crippen LogP contribution in [0.25, 0.3) is 0 Å². The van der Waals surface area contributed by atoms with Crippen LogP contribution >= 0.6 is 0 Å². The van der Waals surface area contributed by atoms with Crippen molar-refractivity contribution in [2.75, 3.05) is 0 Å². The van der Waals surface area contributed by atoms with E-state index < -0.39 is 4.92 Å². The zero-order valence-corrected chi connectivity index (χ0v) is 10.1. The normalized spacial score (nSPS) is 9.55. The minimum atomic E-state index is -0.615. The first-order valence-electron chi connectivity index (χ1n) is 5.55. The monoisotopic (exact) mass is 268 g/mol. The predicted octanol–water partition coefficient (Wildman–Crippen LogP) is 3.07. The molecule has 0 aromatic heterocycles. The average Bonchev–Trinajstić information content (AvgIpc) is 2.48. The maximum absolute atomic E-state index is 11.0. The molecule has 98 valence electrons. The molecule has 0 radical (unpaired) electrons. The van der Waals surface area contributed by atoms with Gasteiger partial charge in [0.2, 0.25) is 5.75 Å². The molecule has 6 nitrogen and oxygen atoms in total. The van der Waals surface area contributed by atoms with Gasteiger partial charge in [-0.2, -0.15) is 5.26 Å². The number of nitriles is 1. The summed E-state index contributed by atoms with van der Waals surface area (Å²) in [6, 6.07) is 11.9. The molecule has 0 N–H and O–H groups in total. The Morgan fingerprint density at radius 1 is 1.20 bits per heavy atom. The highest BCUT2D eigenvalue weighted by Crippen LogP contribution is 2.32. The summed E-state index contributed by atoms with van der Waals surface area (Å²) < 4.78 is 5.40. The fraction of sp³-hybridized carbons (Fsp3) is 0. The zero-order valence-electron chi connectivity index (χ0n) is 10.1. The summed E-state index contributed by atoms with van der Waals surface area (Å²) in [6.45, 7) is 0. The van der Waals surface area contributed by atoms with Crippen LogP contribution in [-0.2, 0) is 0 Å². The Kier molecular flexibility index (Phi) is 3.72. The third-order valence-electron chi connectivity index (χ3n) is 2.53. The van der Waals surface area contributed by atoms with E-state index >= 15 is 0 Å². The molecule has 0 saturated heterocycles. The molecule has 6 heteroatoms. The number of nitro benzene ring substituents is 1. The largest absolute Gasteiger partial charge is 0.450 e. The Bertz CT molecular complexity index is 702. The fourth-order valence-electron chi connectivity index (χ4n) is 1.56. The number of nitro groups is 1. The molecule has 20 heavy (non-hydrogen) atoms. The van der Waals surface area contributed by atoms with E-state index in [1.807, 2.05) is 6.07 Å². The van der Waals surface area contributed by atoms with Gasteiger partial charge in [-0.15, -0.1) is 0 Å². The molecular weight excluding hydrogens is 260 g/mol. The molecule has 0 aliphatic rings. The van der Waals surface area contributed by atoms with Crippen LogP contribution in [0.4, 0.5) is 5.69 Å². The van der Waals surface area contributed by atoms with Crippen LogP contribution in [0, 0.1) is 21.4 Å². The number of benzene rings is 2. The summed E-state index contributed by atoms with van der Waals surface area (Å²) in [7, 11) is 0. The van der Waals surface area contributed by atoms with Crippen LogP contribution in [0.5, 0.6) is 11.5 Å². The third kappa shape index (κ3) is 2.79. The van der Waals surface area contributed by atoms with Crippen molar-refractivity contribution in [3.8, 4) is 17.6 Å². The van der Waals surface area contributed by atoms with Crippen molar-refractivity contribution < 1.29 is 14.5 Å². The number of carbonyl (C=O) groups excluding carboxylic acids is 1. The van der Waals surface area contributed by atoms with Gasteiger partial charge in [-0.1, -0.05) is 0 Å². The number of ether oxygens (including phenoxy) is 1. The summed E-state index contributed by atoms with van der Waals surface area (Å²) in [4.78, 5) is 20.9. The quantitative estimate of drug-likeness (QED) is 0.482. The van der Waals surface area contributed by atoms with Gasteiger partial charge in [0.05, 0.1) is 16.6 Å². The molecule has 0 aliphatic heterocycles. The number of hydrogen-bond donors (Lipinski definition) is 0. The van der Waals surface area contributed by atoms with Crippen LogP contribution in [0.1, 0.15) is 15.9 Å². The number of nitrogens with zero attached hydrogens (tertiary/aromatic N) is 2. The molecule has 2 aromatic rings. The smallest absolute Gasteiger partial charge is 0.312 e. The molecule has 0 atom stereocenters. The van der Waals surface area contributed by atoms with Gasteiger partial charge < -0.3 is 4.74 Å². The second-order valence-corrected chi connectivity index (χ2v) is 3.84. The molecule has 0 spiro atoms. The summed E-state index contributed by atoms with van der Waals surface area (Å²) in [6.07, 6.45) is 0.688. The average molecular weight is 268 g/mol. The van der Waals surface area contributed by atoms with Crippen molar-refractivity contribution in [1.82, 2.24) is 0 Å². The van der Waals surface area contributed by atoms with E-state index in [2.05, 4.69) is 0 Å². The van der Waals surface area contributed by atoms with E-state index in [0.29, 0.717) is 17.6 Å². The molecule has 0 unspecified atom stereocenters. The first-order chi connectivity index (χ1) is 9.63. The minimum Gasteiger partial charge on any atom is -0.450 e. The van der Waals surface area contributed by atoms with Crippen LogP contribution < -0.4 is 4.74 Å². The number of aldehydes is 1. The van der Waals surface area contributed by atoms with Crippen molar-refractivity contribution >= 4 is 12.0 Å². The molecular formula is C14H8N2O4. The van der Waals surface area contributed by atoms with Crippen molar-refractivity contribution in [3.05, 3.63) is 63.7 Å². The predicted molar refractivity (Wildman–Crippen MR) is 69.7 cm³/mol. The van der Waals surface area contributed by atoms with E-state index in [0.717, 1.165) is 6.07 Å². The summed E-state index contributed by atoms with van der Waals surface area (Å²) >= 11 is 0. The molecule has 2 aromatic carbocycles. The lowest BCUT2D eigenvalue weighted by atomic mass is 10.2. The van der Waals surface area contributed by atoms with Gasteiger partial charge in [-0.25, -0.2) is 0 Å². The standard InChI is InChI=1S/C14H8N2O4/c15-8-11-3-6-14(13(7-11)16(18)19)20-12-4-1-10(9-17)2-5-12/h1-7,9H. The van der Waals surface area contributed by atoms with E-state index in [1.54, 1.807) is 0 Å². The maximum Gasteiger partial charge on any atom is 0.312 e. The Hall–Kier alpha value is -3.20. The van der Waals surface area contributed by atoms with Gasteiger partial charge in [-0.3, -0.25) is 14.9 Å². The Morgan fingerprint density at radius 3 is 2.45 bits per heavy atom. The maximum atomic E-state index is 11.0. The third-order valence-corrected chi connectivity index (χ3v) is 2.53. The lowest BCUT2D eigenvalue weighted by Crippen LogP contribution is -1.94. The van der Waals surface area contributed by atoms with E-state index in [1.165, 1.54) is 36.4 Å². The van der Waals surface area contributed by atoms with Gasteiger partial charge in [-0.05, 0) is 36.4 Å². The van der Waals surface area contributed by atoms with Crippen molar-refractivity contribution in [2.24, 2.45) is 0 Å². The summed E-state index contributed by atoms with van der Waals surface area (Å²) in [5.74, 6) is 0.399. The summed E-state index contributed by atoms with van der Waals surface area (Å²) in [5, 5.41) is 19.7. The number of rotatable bonds is 4. The van der Waals surface area contributed by atoms with Gasteiger partial charge >= 0.3 is 5.69 Å². The van der Waals surface area contributed by atoms with Crippen molar-refractivity contribution in [2.45, 2.75) is 0 Å². The Balaban J connectivity index is 2.34. The van der Waals surface area contributed by atoms with Crippen LogP contribution in [-0.4, -0.2) is 11.2 Å². The Labute approximate surface area is 114 Å². The zero-order chi connectivity index (χ0) is 14.5. The van der Waals surface area contributed by atoms with Crippen LogP contribution in [0.15, 0.2) is 42.5 Å². The second kappa shape index (κ2) is 5.63. The van der Waals surface area contributed by atoms with E-state index in [4.69, 9.17) is 10.00 Å². The lowest BCUT2D eigenvalue weighted by Gasteiger charge is -2.06. The first-order valence-corrected chi connectivity index (χ1v) is 5.55.